The standard InChI is InChI=1S/C7H3ClN2O5.C7H5ClO.C4H12N2.ClH/c8-7(11)4-1-5(9(12)13)3-6(2-4)10(14)15;8-7(9)6-4-2-1-3-5-6;1-4(2,3)6-5;/h1-3H;1-5H;6H,5H2,1-3H3;1H. The fourth-order valence-electron chi connectivity index (χ4n) is 1.49. The Hall–Kier alpha value is -2.63. The monoisotopic (exact) mass is 494 g/mol. The number of hydrogen-bond donors (Lipinski definition) is 2. The Bertz CT molecular complexity index is 826. The molecule has 0 unspecified atom stereocenters. The molecule has 0 saturated carbocycles. The smallest absolute Gasteiger partial charge is 0.276 e. The van der Waals surface area contributed by atoms with Crippen LogP contribution in [0.5, 0.6) is 0 Å². The molecule has 2 aromatic carbocycles. The molecule has 13 heteroatoms. The van der Waals surface area contributed by atoms with Crippen LogP contribution in [0.15, 0.2) is 48.5 Å². The molecule has 31 heavy (non-hydrogen) atoms. The average molecular weight is 496 g/mol. The second-order valence-electron chi connectivity index (χ2n) is 6.56. The maximum absolute atomic E-state index is 10.7. The molecule has 0 aliphatic carbocycles. The number of rotatable bonds is 4. The first-order chi connectivity index (χ1) is 13.8. The maximum Gasteiger partial charge on any atom is 0.277 e. The van der Waals surface area contributed by atoms with Gasteiger partial charge in [0.2, 0.25) is 0 Å². The number of non-ortho nitro benzene ring substituents is 2. The molecule has 0 amide bonds. The van der Waals surface area contributed by atoms with Crippen molar-refractivity contribution in [2.75, 3.05) is 0 Å². The topological polar surface area (TPSA) is 158 Å². The summed E-state index contributed by atoms with van der Waals surface area (Å²) in [5, 5.41) is 19.4. The Kier molecular flexibility index (Phi) is 14.2. The Labute approximate surface area is 194 Å². The number of carbonyl (C=O) groups is 2. The first-order valence-electron chi connectivity index (χ1n) is 8.15. The first-order valence-corrected chi connectivity index (χ1v) is 8.90. The minimum Gasteiger partial charge on any atom is -0.276 e. The van der Waals surface area contributed by atoms with Crippen LogP contribution in [0.25, 0.3) is 0 Å². The van der Waals surface area contributed by atoms with E-state index in [1.54, 1.807) is 24.3 Å². The minimum atomic E-state index is -0.984. The van der Waals surface area contributed by atoms with E-state index in [4.69, 9.17) is 29.0 Å². The zero-order valence-corrected chi connectivity index (χ0v) is 19.0. The van der Waals surface area contributed by atoms with Crippen molar-refractivity contribution in [3.8, 4) is 0 Å². The number of nitro benzene ring substituents is 2. The third-order valence-electron chi connectivity index (χ3n) is 2.98. The van der Waals surface area contributed by atoms with Gasteiger partial charge >= 0.3 is 0 Å². The van der Waals surface area contributed by atoms with Crippen LogP contribution >= 0.6 is 35.6 Å². The van der Waals surface area contributed by atoms with Crippen LogP contribution in [0.3, 0.4) is 0 Å². The lowest BCUT2D eigenvalue weighted by atomic mass is 10.1. The summed E-state index contributed by atoms with van der Waals surface area (Å²) in [6.07, 6.45) is 0. The summed E-state index contributed by atoms with van der Waals surface area (Å²) in [6, 6.07) is 11.2. The molecule has 2 rings (SSSR count). The van der Waals surface area contributed by atoms with Gasteiger partial charge in [-0.25, -0.2) is 0 Å². The number of hydrogen-bond acceptors (Lipinski definition) is 8. The summed E-state index contributed by atoms with van der Waals surface area (Å²) in [4.78, 5) is 40.2. The highest BCUT2D eigenvalue weighted by Crippen LogP contribution is 2.23. The van der Waals surface area contributed by atoms with Crippen LogP contribution in [-0.2, 0) is 0 Å². The molecular weight excluding hydrogens is 475 g/mol. The van der Waals surface area contributed by atoms with Gasteiger partial charge in [0, 0.05) is 28.8 Å². The second-order valence-corrected chi connectivity index (χ2v) is 7.25. The number of nitrogens with one attached hydrogen (secondary N) is 1. The van der Waals surface area contributed by atoms with E-state index in [0.717, 1.165) is 18.2 Å². The number of hydrazine groups is 1. The zero-order chi connectivity index (χ0) is 23.5. The van der Waals surface area contributed by atoms with E-state index in [2.05, 4.69) is 5.43 Å². The van der Waals surface area contributed by atoms with E-state index in [9.17, 15) is 29.8 Å². The number of nitro groups is 2. The van der Waals surface area contributed by atoms with Gasteiger partial charge in [0.1, 0.15) is 0 Å². The number of halogens is 3. The molecule has 0 spiro atoms. The molecule has 2 aromatic rings. The predicted molar refractivity (Wildman–Crippen MR) is 121 cm³/mol. The van der Waals surface area contributed by atoms with E-state index in [-0.39, 0.29) is 23.5 Å². The van der Waals surface area contributed by atoms with Crippen LogP contribution in [0.2, 0.25) is 0 Å². The quantitative estimate of drug-likeness (QED) is 0.269. The normalized spacial score (nSPS) is 9.61. The van der Waals surface area contributed by atoms with Gasteiger partial charge in [-0.2, -0.15) is 0 Å². The van der Waals surface area contributed by atoms with Crippen molar-refractivity contribution in [2.45, 2.75) is 26.3 Å². The first kappa shape index (κ1) is 30.6. The summed E-state index contributed by atoms with van der Waals surface area (Å²) in [6.45, 7) is 6.02. The molecule has 0 saturated heterocycles. The summed E-state index contributed by atoms with van der Waals surface area (Å²) in [5.74, 6) is 5.06. The van der Waals surface area contributed by atoms with Crippen molar-refractivity contribution in [1.82, 2.24) is 5.43 Å². The highest BCUT2D eigenvalue weighted by Gasteiger charge is 2.18. The van der Waals surface area contributed by atoms with Crippen molar-refractivity contribution in [3.63, 3.8) is 0 Å². The van der Waals surface area contributed by atoms with Gasteiger partial charge in [0.05, 0.1) is 15.9 Å². The summed E-state index contributed by atoms with van der Waals surface area (Å²) in [5.41, 5.74) is 1.84. The third-order valence-corrected chi connectivity index (χ3v) is 3.42. The zero-order valence-electron chi connectivity index (χ0n) is 16.7. The van der Waals surface area contributed by atoms with E-state index < -0.39 is 31.7 Å². The van der Waals surface area contributed by atoms with Gasteiger partial charge in [0.15, 0.2) is 0 Å². The maximum atomic E-state index is 10.7. The summed E-state index contributed by atoms with van der Waals surface area (Å²) >= 11 is 10.2. The molecule has 0 atom stereocenters. The van der Waals surface area contributed by atoms with Crippen molar-refractivity contribution in [1.29, 1.82) is 0 Å². The van der Waals surface area contributed by atoms with Crippen molar-refractivity contribution in [2.24, 2.45) is 5.84 Å². The molecule has 0 bridgehead atoms. The fraction of sp³-hybridized carbons (Fsp3) is 0.222. The van der Waals surface area contributed by atoms with Gasteiger partial charge in [0.25, 0.3) is 21.9 Å². The van der Waals surface area contributed by atoms with Crippen molar-refractivity contribution >= 4 is 57.5 Å². The lowest BCUT2D eigenvalue weighted by molar-refractivity contribution is -0.394. The number of benzene rings is 2. The summed E-state index contributed by atoms with van der Waals surface area (Å²) < 4.78 is 0. The van der Waals surface area contributed by atoms with Crippen molar-refractivity contribution < 1.29 is 19.4 Å². The van der Waals surface area contributed by atoms with E-state index >= 15 is 0 Å². The molecular formula is C18H21Cl3N4O6. The molecule has 0 heterocycles. The highest BCUT2D eigenvalue weighted by atomic mass is 35.5. The largest absolute Gasteiger partial charge is 0.277 e. The highest BCUT2D eigenvalue weighted by molar-refractivity contribution is 6.68. The van der Waals surface area contributed by atoms with Crippen LogP contribution < -0.4 is 11.3 Å². The van der Waals surface area contributed by atoms with E-state index in [0.29, 0.717) is 5.56 Å². The van der Waals surface area contributed by atoms with Crippen LogP contribution in [0, 0.1) is 20.2 Å². The van der Waals surface area contributed by atoms with Gasteiger partial charge in [-0.05, 0) is 44.0 Å². The molecule has 10 nitrogen and oxygen atoms in total. The van der Waals surface area contributed by atoms with Crippen LogP contribution in [0.4, 0.5) is 11.4 Å². The molecule has 0 aliphatic heterocycles. The van der Waals surface area contributed by atoms with Gasteiger partial charge in [-0.15, -0.1) is 12.4 Å². The molecule has 0 aliphatic rings. The van der Waals surface area contributed by atoms with Gasteiger partial charge < -0.3 is 0 Å². The number of nitrogens with zero attached hydrogens (tertiary/aromatic N) is 2. The molecule has 0 radical (unpaired) electrons. The summed E-state index contributed by atoms with van der Waals surface area (Å²) in [7, 11) is 0. The molecule has 0 aromatic heterocycles. The molecule has 3 N–H and O–H groups in total. The van der Waals surface area contributed by atoms with Crippen molar-refractivity contribution in [3.05, 3.63) is 79.9 Å². The fourth-order valence-corrected chi connectivity index (χ4v) is 1.72. The lowest BCUT2D eigenvalue weighted by Crippen LogP contribution is -2.41. The van der Waals surface area contributed by atoms with E-state index in [1.165, 1.54) is 0 Å². The van der Waals surface area contributed by atoms with Gasteiger partial charge in [-0.3, -0.25) is 41.1 Å². The number of carbonyl (C=O) groups excluding carboxylic acids is 2. The minimum absolute atomic E-state index is 0. The molecule has 170 valence electrons. The predicted octanol–water partition coefficient (Wildman–Crippen LogP) is 4.62. The van der Waals surface area contributed by atoms with E-state index in [1.807, 2.05) is 26.8 Å². The second kappa shape index (κ2) is 14.4. The lowest BCUT2D eigenvalue weighted by Gasteiger charge is -2.14. The Balaban J connectivity index is 0. The van der Waals surface area contributed by atoms with Gasteiger partial charge in [-0.1, -0.05) is 30.3 Å². The Morgan fingerprint density at radius 3 is 1.45 bits per heavy atom. The van der Waals surface area contributed by atoms with Crippen LogP contribution in [-0.4, -0.2) is 25.9 Å². The number of nitrogens with two attached hydrogens (primary N) is 1. The SMILES string of the molecule is CC(C)(C)NN.Cl.O=C(Cl)c1cc([N+](=O)[O-])cc([N+](=O)[O-])c1.O=C(Cl)c1ccccc1. The third kappa shape index (κ3) is 13.3. The Morgan fingerprint density at radius 1 is 0.871 bits per heavy atom. The molecule has 0 fully saturated rings. The van der Waals surface area contributed by atoms with Crippen LogP contribution in [0.1, 0.15) is 41.5 Å². The average Bonchev–Trinajstić information content (AvgIpc) is 2.68. The Morgan fingerprint density at radius 2 is 1.23 bits per heavy atom.